The molecule has 1 fully saturated rings. The van der Waals surface area contributed by atoms with E-state index in [0.717, 1.165) is 36.8 Å². The monoisotopic (exact) mass is 440 g/mol. The molecule has 0 radical (unpaired) electrons. The molecule has 2 aromatic carbocycles. The number of carbonyl (C=O) groups is 2. The van der Waals surface area contributed by atoms with Gasteiger partial charge in [-0.2, -0.15) is 0 Å². The van der Waals surface area contributed by atoms with Gasteiger partial charge in [0.15, 0.2) is 6.61 Å². The summed E-state index contributed by atoms with van der Waals surface area (Å²) in [5, 5.41) is 3.07. The summed E-state index contributed by atoms with van der Waals surface area (Å²) >= 11 is 0. The summed E-state index contributed by atoms with van der Waals surface area (Å²) in [5.41, 5.74) is 2.57. The SMILES string of the molecule is Cc1ccc(OCC(=O)N(Cc2ccccc2F)C(C)C(=O)NC2CCCCC2)cc1C. The Kier molecular flexibility index (Phi) is 8.26. The van der Waals surface area contributed by atoms with Crippen LogP contribution >= 0.6 is 0 Å². The summed E-state index contributed by atoms with van der Waals surface area (Å²) in [5.74, 6) is -0.391. The fourth-order valence-electron chi connectivity index (χ4n) is 3.99. The maximum Gasteiger partial charge on any atom is 0.261 e. The lowest BCUT2D eigenvalue weighted by Gasteiger charge is -2.31. The molecule has 0 spiro atoms. The van der Waals surface area contributed by atoms with Crippen LogP contribution in [0.5, 0.6) is 5.75 Å². The van der Waals surface area contributed by atoms with Crippen molar-refractivity contribution in [1.82, 2.24) is 10.2 Å². The first-order valence-electron chi connectivity index (χ1n) is 11.4. The van der Waals surface area contributed by atoms with Crippen LogP contribution in [0.15, 0.2) is 42.5 Å². The van der Waals surface area contributed by atoms with Gasteiger partial charge in [-0.1, -0.05) is 43.5 Å². The van der Waals surface area contributed by atoms with E-state index in [4.69, 9.17) is 4.74 Å². The predicted molar refractivity (Wildman–Crippen MR) is 123 cm³/mol. The molecule has 172 valence electrons. The standard InChI is InChI=1S/C26H33FN2O3/c1-18-13-14-23(15-19(18)2)32-17-25(30)29(16-21-9-7-8-12-24(21)27)20(3)26(31)28-22-10-5-4-6-11-22/h7-9,12-15,20,22H,4-6,10-11,16-17H2,1-3H3,(H,28,31). The molecule has 1 unspecified atom stereocenters. The van der Waals surface area contributed by atoms with Crippen LogP contribution in [0, 0.1) is 19.7 Å². The van der Waals surface area contributed by atoms with Crippen LogP contribution in [0.1, 0.15) is 55.7 Å². The van der Waals surface area contributed by atoms with E-state index in [1.165, 1.54) is 17.4 Å². The first kappa shape index (κ1) is 23.8. The molecule has 3 rings (SSSR count). The van der Waals surface area contributed by atoms with Gasteiger partial charge in [0.05, 0.1) is 0 Å². The molecule has 2 amide bonds. The first-order valence-corrected chi connectivity index (χ1v) is 11.4. The third kappa shape index (κ3) is 6.31. The van der Waals surface area contributed by atoms with E-state index in [-0.39, 0.29) is 31.0 Å². The minimum absolute atomic E-state index is 0.00104. The zero-order chi connectivity index (χ0) is 23.1. The van der Waals surface area contributed by atoms with Gasteiger partial charge in [-0.05, 0) is 62.9 Å². The zero-order valence-electron chi connectivity index (χ0n) is 19.2. The first-order chi connectivity index (χ1) is 15.3. The van der Waals surface area contributed by atoms with E-state index in [9.17, 15) is 14.0 Å². The second-order valence-electron chi connectivity index (χ2n) is 8.67. The van der Waals surface area contributed by atoms with E-state index in [1.54, 1.807) is 25.1 Å². The second kappa shape index (κ2) is 11.1. The molecular formula is C26H33FN2O3. The van der Waals surface area contributed by atoms with Crippen LogP contribution < -0.4 is 10.1 Å². The number of nitrogens with one attached hydrogen (secondary N) is 1. The topological polar surface area (TPSA) is 58.6 Å². The lowest BCUT2D eigenvalue weighted by atomic mass is 9.95. The number of halogens is 1. The summed E-state index contributed by atoms with van der Waals surface area (Å²) in [6, 6.07) is 11.3. The molecule has 1 aliphatic carbocycles. The van der Waals surface area contributed by atoms with Crippen molar-refractivity contribution in [3.63, 3.8) is 0 Å². The van der Waals surface area contributed by atoms with Crippen molar-refractivity contribution >= 4 is 11.8 Å². The molecular weight excluding hydrogens is 407 g/mol. The molecule has 0 saturated heterocycles. The molecule has 32 heavy (non-hydrogen) atoms. The minimum atomic E-state index is -0.743. The molecule has 6 heteroatoms. The van der Waals surface area contributed by atoms with Crippen molar-refractivity contribution in [2.24, 2.45) is 0 Å². The number of aryl methyl sites for hydroxylation is 2. The van der Waals surface area contributed by atoms with Crippen LogP contribution in [-0.2, 0) is 16.1 Å². The number of hydrogen-bond donors (Lipinski definition) is 1. The van der Waals surface area contributed by atoms with E-state index in [0.29, 0.717) is 11.3 Å². The van der Waals surface area contributed by atoms with Crippen LogP contribution in [-0.4, -0.2) is 35.4 Å². The summed E-state index contributed by atoms with van der Waals surface area (Å²) in [6.45, 7) is 5.45. The highest BCUT2D eigenvalue weighted by atomic mass is 19.1. The highest BCUT2D eigenvalue weighted by molar-refractivity contribution is 5.88. The van der Waals surface area contributed by atoms with Gasteiger partial charge in [-0.25, -0.2) is 4.39 Å². The Morgan fingerprint density at radius 3 is 2.50 bits per heavy atom. The van der Waals surface area contributed by atoms with Crippen LogP contribution in [0.3, 0.4) is 0 Å². The maximum atomic E-state index is 14.3. The van der Waals surface area contributed by atoms with E-state index in [1.807, 2.05) is 32.0 Å². The molecule has 1 atom stereocenters. The fraction of sp³-hybridized carbons (Fsp3) is 0.462. The van der Waals surface area contributed by atoms with Gasteiger partial charge < -0.3 is 15.0 Å². The van der Waals surface area contributed by atoms with Crippen molar-refractivity contribution in [2.45, 2.75) is 71.5 Å². The third-order valence-electron chi connectivity index (χ3n) is 6.26. The molecule has 0 aromatic heterocycles. The maximum absolute atomic E-state index is 14.3. The number of hydrogen-bond acceptors (Lipinski definition) is 3. The lowest BCUT2D eigenvalue weighted by Crippen LogP contribution is -2.51. The summed E-state index contributed by atoms with van der Waals surface area (Å²) in [6.07, 6.45) is 5.29. The van der Waals surface area contributed by atoms with Crippen LogP contribution in [0.25, 0.3) is 0 Å². The normalized spacial score (nSPS) is 15.1. The fourth-order valence-corrected chi connectivity index (χ4v) is 3.99. The van der Waals surface area contributed by atoms with Gasteiger partial charge in [0, 0.05) is 18.2 Å². The van der Waals surface area contributed by atoms with Gasteiger partial charge in [0.2, 0.25) is 5.91 Å². The molecule has 1 aliphatic rings. The number of carbonyl (C=O) groups excluding carboxylic acids is 2. The Morgan fingerprint density at radius 2 is 1.81 bits per heavy atom. The quantitative estimate of drug-likeness (QED) is 0.648. The van der Waals surface area contributed by atoms with Gasteiger partial charge in [-0.3, -0.25) is 9.59 Å². The number of amides is 2. The molecule has 5 nitrogen and oxygen atoms in total. The largest absolute Gasteiger partial charge is 0.484 e. The highest BCUT2D eigenvalue weighted by Gasteiger charge is 2.29. The van der Waals surface area contributed by atoms with Crippen molar-refractivity contribution < 1.29 is 18.7 Å². The minimum Gasteiger partial charge on any atom is -0.484 e. The van der Waals surface area contributed by atoms with Crippen molar-refractivity contribution in [2.75, 3.05) is 6.61 Å². The van der Waals surface area contributed by atoms with Gasteiger partial charge in [0.1, 0.15) is 17.6 Å². The molecule has 1 N–H and O–H groups in total. The Morgan fingerprint density at radius 1 is 1.09 bits per heavy atom. The zero-order valence-corrected chi connectivity index (χ0v) is 19.2. The van der Waals surface area contributed by atoms with E-state index >= 15 is 0 Å². The van der Waals surface area contributed by atoms with Gasteiger partial charge >= 0.3 is 0 Å². The smallest absolute Gasteiger partial charge is 0.261 e. The Bertz CT molecular complexity index is 940. The van der Waals surface area contributed by atoms with Crippen LogP contribution in [0.2, 0.25) is 0 Å². The van der Waals surface area contributed by atoms with E-state index < -0.39 is 11.9 Å². The third-order valence-corrected chi connectivity index (χ3v) is 6.26. The van der Waals surface area contributed by atoms with Crippen molar-refractivity contribution in [3.05, 3.63) is 65.0 Å². The number of rotatable bonds is 8. The van der Waals surface area contributed by atoms with Crippen molar-refractivity contribution in [1.29, 1.82) is 0 Å². The molecule has 0 heterocycles. The summed E-state index contributed by atoms with van der Waals surface area (Å²) < 4.78 is 20.0. The molecule has 2 aromatic rings. The lowest BCUT2D eigenvalue weighted by molar-refractivity contribution is -0.142. The molecule has 1 saturated carbocycles. The predicted octanol–water partition coefficient (Wildman–Crippen LogP) is 4.69. The number of ether oxygens (including phenoxy) is 1. The molecule has 0 aliphatic heterocycles. The Hall–Kier alpha value is -2.89. The summed E-state index contributed by atoms with van der Waals surface area (Å²) in [7, 11) is 0. The number of nitrogens with zero attached hydrogens (tertiary/aromatic N) is 1. The van der Waals surface area contributed by atoms with Crippen molar-refractivity contribution in [3.8, 4) is 5.75 Å². The van der Waals surface area contributed by atoms with E-state index in [2.05, 4.69) is 5.32 Å². The Balaban J connectivity index is 1.72. The highest BCUT2D eigenvalue weighted by Crippen LogP contribution is 2.20. The van der Waals surface area contributed by atoms with Gasteiger partial charge in [-0.15, -0.1) is 0 Å². The summed E-state index contributed by atoms with van der Waals surface area (Å²) in [4.78, 5) is 27.5. The second-order valence-corrected chi connectivity index (χ2v) is 8.67. The van der Waals surface area contributed by atoms with Gasteiger partial charge in [0.25, 0.3) is 5.91 Å². The van der Waals surface area contributed by atoms with Crippen LogP contribution in [0.4, 0.5) is 4.39 Å². The average molecular weight is 441 g/mol. The number of benzene rings is 2. The molecule has 0 bridgehead atoms. The average Bonchev–Trinajstić information content (AvgIpc) is 2.79. The Labute approximate surface area is 190 Å².